The molecule has 0 spiro atoms. The highest BCUT2D eigenvalue weighted by molar-refractivity contribution is 5.69. The van der Waals surface area contributed by atoms with Gasteiger partial charge in [-0.1, -0.05) is 6.42 Å². The maximum atomic E-state index is 10.9. The Morgan fingerprint density at radius 1 is 1.33 bits per heavy atom. The van der Waals surface area contributed by atoms with Gasteiger partial charge in [0.05, 0.1) is 6.61 Å². The van der Waals surface area contributed by atoms with Crippen molar-refractivity contribution in [2.45, 2.75) is 32.1 Å². The number of rotatable bonds is 7. The number of aliphatic hydroxyl groups is 1. The van der Waals surface area contributed by atoms with Crippen LogP contribution in [0.3, 0.4) is 0 Å². The third-order valence-electron chi connectivity index (χ3n) is 1.45. The van der Waals surface area contributed by atoms with Gasteiger partial charge in [0.2, 0.25) is 0 Å². The van der Waals surface area contributed by atoms with Crippen molar-refractivity contribution in [2.24, 2.45) is 0 Å². The Balaban J connectivity index is 3.08. The Bertz CT molecular complexity index is 112. The van der Waals surface area contributed by atoms with E-state index >= 15 is 0 Å². The van der Waals surface area contributed by atoms with Gasteiger partial charge in [-0.3, -0.25) is 4.79 Å². The van der Waals surface area contributed by atoms with E-state index in [-0.39, 0.29) is 12.6 Å². The molecular formula is C9H17O3. The molecule has 0 saturated carbocycles. The predicted molar refractivity (Wildman–Crippen MR) is 46.5 cm³/mol. The third kappa shape index (κ3) is 7.54. The standard InChI is InChI=1S/C9H17O3/c1-2-8-12-9(11)6-4-3-5-7-10/h10H,1-8H2. The second-order valence-corrected chi connectivity index (χ2v) is 2.61. The normalized spacial score (nSPS) is 9.83. The number of aliphatic hydroxyl groups excluding tert-OH is 1. The van der Waals surface area contributed by atoms with Gasteiger partial charge >= 0.3 is 5.97 Å². The fourth-order valence-electron chi connectivity index (χ4n) is 0.816. The summed E-state index contributed by atoms with van der Waals surface area (Å²) >= 11 is 0. The van der Waals surface area contributed by atoms with E-state index in [0.717, 1.165) is 19.3 Å². The van der Waals surface area contributed by atoms with Crippen LogP contribution in [0.25, 0.3) is 0 Å². The molecule has 0 heterocycles. The second kappa shape index (κ2) is 8.53. The topological polar surface area (TPSA) is 46.5 Å². The molecule has 0 aromatic carbocycles. The van der Waals surface area contributed by atoms with Gasteiger partial charge in [-0.05, 0) is 26.2 Å². The van der Waals surface area contributed by atoms with Crippen molar-refractivity contribution < 1.29 is 14.6 Å². The number of ether oxygens (including phenoxy) is 1. The number of carbonyl (C=O) groups excluding carboxylic acids is 1. The van der Waals surface area contributed by atoms with Crippen LogP contribution in [-0.2, 0) is 9.53 Å². The summed E-state index contributed by atoms with van der Waals surface area (Å²) < 4.78 is 4.81. The van der Waals surface area contributed by atoms with Crippen LogP contribution in [0, 0.1) is 6.92 Å². The molecule has 71 valence electrons. The average molecular weight is 173 g/mol. The summed E-state index contributed by atoms with van der Waals surface area (Å²) in [6.45, 7) is 4.17. The summed E-state index contributed by atoms with van der Waals surface area (Å²) in [5, 5.41) is 8.45. The van der Waals surface area contributed by atoms with Crippen LogP contribution >= 0.6 is 0 Å². The molecule has 0 aliphatic rings. The molecule has 0 amide bonds. The molecule has 0 saturated heterocycles. The molecule has 1 N–H and O–H groups in total. The van der Waals surface area contributed by atoms with Crippen LogP contribution in [0.5, 0.6) is 0 Å². The fourth-order valence-corrected chi connectivity index (χ4v) is 0.816. The summed E-state index contributed by atoms with van der Waals surface area (Å²) in [6, 6.07) is 0. The van der Waals surface area contributed by atoms with Crippen LogP contribution < -0.4 is 0 Å². The molecule has 0 atom stereocenters. The van der Waals surface area contributed by atoms with Crippen LogP contribution in [0.4, 0.5) is 0 Å². The minimum Gasteiger partial charge on any atom is -0.466 e. The molecule has 12 heavy (non-hydrogen) atoms. The van der Waals surface area contributed by atoms with Gasteiger partial charge in [0.15, 0.2) is 0 Å². The van der Waals surface area contributed by atoms with E-state index in [9.17, 15) is 4.79 Å². The van der Waals surface area contributed by atoms with E-state index in [1.54, 1.807) is 0 Å². The quantitative estimate of drug-likeness (QED) is 0.466. The number of hydrogen-bond acceptors (Lipinski definition) is 3. The Labute approximate surface area is 73.7 Å². The molecule has 1 radical (unpaired) electrons. The van der Waals surface area contributed by atoms with E-state index in [4.69, 9.17) is 9.84 Å². The summed E-state index contributed by atoms with van der Waals surface area (Å²) in [4.78, 5) is 10.9. The Kier molecular flexibility index (Phi) is 8.12. The summed E-state index contributed by atoms with van der Waals surface area (Å²) in [6.07, 6.45) is 3.54. The van der Waals surface area contributed by atoms with Crippen molar-refractivity contribution in [3.8, 4) is 0 Å². The molecular weight excluding hydrogens is 156 g/mol. The van der Waals surface area contributed by atoms with Crippen LogP contribution in [0.1, 0.15) is 32.1 Å². The molecule has 0 fully saturated rings. The minimum absolute atomic E-state index is 0.156. The van der Waals surface area contributed by atoms with Crippen molar-refractivity contribution in [2.75, 3.05) is 13.2 Å². The van der Waals surface area contributed by atoms with Crippen LogP contribution in [0.15, 0.2) is 0 Å². The van der Waals surface area contributed by atoms with Gasteiger partial charge < -0.3 is 9.84 Å². The molecule has 0 rings (SSSR count). The van der Waals surface area contributed by atoms with Gasteiger partial charge in [0, 0.05) is 13.0 Å². The molecule has 0 aromatic heterocycles. The van der Waals surface area contributed by atoms with Gasteiger partial charge in [0.25, 0.3) is 0 Å². The number of esters is 1. The zero-order valence-electron chi connectivity index (χ0n) is 7.42. The van der Waals surface area contributed by atoms with Crippen LogP contribution in [-0.4, -0.2) is 24.3 Å². The summed E-state index contributed by atoms with van der Waals surface area (Å²) in [5.74, 6) is -0.156. The van der Waals surface area contributed by atoms with Crippen molar-refractivity contribution in [3.05, 3.63) is 6.92 Å². The first-order valence-electron chi connectivity index (χ1n) is 4.37. The molecule has 0 aromatic rings. The lowest BCUT2D eigenvalue weighted by Gasteiger charge is -2.01. The molecule has 3 nitrogen and oxygen atoms in total. The fraction of sp³-hybridized carbons (Fsp3) is 0.778. The molecule has 0 unspecified atom stereocenters. The lowest BCUT2D eigenvalue weighted by molar-refractivity contribution is -0.143. The SMILES string of the molecule is [CH2]CCOC(=O)CCCCCO. The number of carbonyl (C=O) groups is 1. The Morgan fingerprint density at radius 2 is 2.08 bits per heavy atom. The van der Waals surface area contributed by atoms with Crippen LogP contribution in [0.2, 0.25) is 0 Å². The maximum absolute atomic E-state index is 10.9. The van der Waals surface area contributed by atoms with Crippen molar-refractivity contribution >= 4 is 5.97 Å². The Morgan fingerprint density at radius 3 is 2.67 bits per heavy atom. The van der Waals surface area contributed by atoms with E-state index in [1.807, 2.05) is 0 Å². The van der Waals surface area contributed by atoms with E-state index in [2.05, 4.69) is 6.92 Å². The zero-order chi connectivity index (χ0) is 9.23. The number of unbranched alkanes of at least 4 members (excludes halogenated alkanes) is 2. The van der Waals surface area contributed by atoms with Crippen molar-refractivity contribution in [1.82, 2.24) is 0 Å². The van der Waals surface area contributed by atoms with Crippen molar-refractivity contribution in [3.63, 3.8) is 0 Å². The van der Waals surface area contributed by atoms with Gasteiger partial charge in [-0.15, -0.1) is 0 Å². The molecule has 0 bridgehead atoms. The van der Waals surface area contributed by atoms with E-state index in [0.29, 0.717) is 19.4 Å². The molecule has 0 aliphatic heterocycles. The van der Waals surface area contributed by atoms with Gasteiger partial charge in [0.1, 0.15) is 0 Å². The Hall–Kier alpha value is -0.570. The molecule has 0 aliphatic carbocycles. The zero-order valence-corrected chi connectivity index (χ0v) is 7.42. The smallest absolute Gasteiger partial charge is 0.305 e. The lowest BCUT2D eigenvalue weighted by Crippen LogP contribution is -2.04. The predicted octanol–water partition coefficient (Wildman–Crippen LogP) is 1.31. The van der Waals surface area contributed by atoms with Gasteiger partial charge in [-0.25, -0.2) is 0 Å². The highest BCUT2D eigenvalue weighted by atomic mass is 16.5. The van der Waals surface area contributed by atoms with Crippen molar-refractivity contribution in [1.29, 1.82) is 0 Å². The van der Waals surface area contributed by atoms with Gasteiger partial charge in [-0.2, -0.15) is 0 Å². The summed E-state index contributed by atoms with van der Waals surface area (Å²) in [5.41, 5.74) is 0. The first-order valence-corrected chi connectivity index (χ1v) is 4.37. The largest absolute Gasteiger partial charge is 0.466 e. The number of hydrogen-bond donors (Lipinski definition) is 1. The third-order valence-corrected chi connectivity index (χ3v) is 1.45. The van der Waals surface area contributed by atoms with E-state index in [1.165, 1.54) is 0 Å². The second-order valence-electron chi connectivity index (χ2n) is 2.61. The van der Waals surface area contributed by atoms with E-state index < -0.39 is 0 Å². The minimum atomic E-state index is -0.156. The summed E-state index contributed by atoms with van der Waals surface area (Å²) in [7, 11) is 0. The first-order chi connectivity index (χ1) is 5.81. The maximum Gasteiger partial charge on any atom is 0.305 e. The highest BCUT2D eigenvalue weighted by Crippen LogP contribution is 2.00. The molecule has 3 heteroatoms. The monoisotopic (exact) mass is 173 g/mol. The first kappa shape index (κ1) is 11.4. The average Bonchev–Trinajstić information content (AvgIpc) is 2.09. The highest BCUT2D eigenvalue weighted by Gasteiger charge is 2.00. The lowest BCUT2D eigenvalue weighted by atomic mass is 10.2.